The minimum atomic E-state index is -3.06. The number of nitrogens with zero attached hydrogens (tertiary/aromatic N) is 3. The molecule has 152 valence electrons. The first-order valence-electron chi connectivity index (χ1n) is 9.65. The minimum Gasteiger partial charge on any atom is -0.326 e. The normalized spacial score (nSPS) is 30.9. The molecule has 3 heterocycles. The van der Waals surface area contributed by atoms with Gasteiger partial charge in [-0.15, -0.1) is 0 Å². The Kier molecular flexibility index (Phi) is 3.96. The van der Waals surface area contributed by atoms with Gasteiger partial charge in [0.05, 0.1) is 17.1 Å². The van der Waals surface area contributed by atoms with Crippen LogP contribution in [-0.4, -0.2) is 38.6 Å². The number of likely N-dealkylation sites (N-methyl/N-ethyl adjacent to an activating group) is 1. The smallest absolute Gasteiger partial charge is 0.326 e. The molecule has 29 heavy (non-hydrogen) atoms. The van der Waals surface area contributed by atoms with Gasteiger partial charge in [0, 0.05) is 30.5 Å². The Morgan fingerprint density at radius 2 is 2.14 bits per heavy atom. The van der Waals surface area contributed by atoms with Gasteiger partial charge in [-0.25, -0.2) is 4.98 Å². The van der Waals surface area contributed by atoms with Gasteiger partial charge in [-0.1, -0.05) is 35.9 Å². The maximum atomic E-state index is 13.5. The number of benzene rings is 1. The van der Waals surface area contributed by atoms with Gasteiger partial charge >= 0.3 is 6.61 Å². The van der Waals surface area contributed by atoms with Crippen molar-refractivity contribution in [1.29, 1.82) is 0 Å². The van der Waals surface area contributed by atoms with Crippen molar-refractivity contribution in [2.24, 2.45) is 0 Å². The van der Waals surface area contributed by atoms with E-state index in [9.17, 15) is 13.6 Å². The first kappa shape index (κ1) is 18.8. The standard InChI is InChI=1S/C21H20ClF2N3O2/c1-3-26-17(28)12-7-6-10-21(22,29-19(23)24)16(12)15-11-20(26,2)18-25-13-8-4-5-9-14(13)27(15)18/h4-9,15,19H,3,10-11H2,1-2H3. The highest BCUT2D eigenvalue weighted by Crippen LogP contribution is 2.56. The van der Waals surface area contributed by atoms with Gasteiger partial charge in [0.2, 0.25) is 0 Å². The van der Waals surface area contributed by atoms with Crippen LogP contribution in [0.25, 0.3) is 11.0 Å². The zero-order valence-electron chi connectivity index (χ0n) is 16.0. The molecule has 3 atom stereocenters. The van der Waals surface area contributed by atoms with E-state index in [-0.39, 0.29) is 12.3 Å². The van der Waals surface area contributed by atoms with Crippen molar-refractivity contribution in [3.63, 3.8) is 0 Å². The average Bonchev–Trinajstić information content (AvgIpc) is 3.14. The fourth-order valence-electron chi connectivity index (χ4n) is 5.22. The Balaban J connectivity index is 1.84. The number of fused-ring (bicyclic) bond motifs is 8. The topological polar surface area (TPSA) is 47.4 Å². The number of halogens is 3. The third-order valence-corrected chi connectivity index (χ3v) is 6.78. The van der Waals surface area contributed by atoms with Crippen LogP contribution in [0.2, 0.25) is 0 Å². The molecule has 0 saturated heterocycles. The zero-order chi connectivity index (χ0) is 20.6. The zero-order valence-corrected chi connectivity index (χ0v) is 16.8. The van der Waals surface area contributed by atoms with E-state index in [1.165, 1.54) is 0 Å². The summed E-state index contributed by atoms with van der Waals surface area (Å²) in [5, 5.41) is -1.78. The summed E-state index contributed by atoms with van der Waals surface area (Å²) >= 11 is 6.68. The van der Waals surface area contributed by atoms with Crippen LogP contribution in [0.1, 0.15) is 38.6 Å². The summed E-state index contributed by atoms with van der Waals surface area (Å²) in [5.74, 6) is 0.515. The highest BCUT2D eigenvalue weighted by atomic mass is 35.5. The van der Waals surface area contributed by atoms with Crippen molar-refractivity contribution >= 4 is 28.5 Å². The Morgan fingerprint density at radius 1 is 1.38 bits per heavy atom. The second-order valence-electron chi connectivity index (χ2n) is 7.88. The van der Waals surface area contributed by atoms with E-state index < -0.39 is 23.3 Å². The number of alkyl halides is 3. The van der Waals surface area contributed by atoms with E-state index in [0.29, 0.717) is 24.1 Å². The molecule has 1 aromatic heterocycles. The Labute approximate surface area is 171 Å². The summed E-state index contributed by atoms with van der Waals surface area (Å²) in [6.45, 7) is 1.30. The van der Waals surface area contributed by atoms with Gasteiger partial charge in [0.1, 0.15) is 11.4 Å². The predicted molar refractivity (Wildman–Crippen MR) is 105 cm³/mol. The first-order valence-corrected chi connectivity index (χ1v) is 10.0. The van der Waals surface area contributed by atoms with Crippen LogP contribution in [0.4, 0.5) is 8.78 Å². The first-order chi connectivity index (χ1) is 13.8. The lowest BCUT2D eigenvalue weighted by Gasteiger charge is -2.38. The van der Waals surface area contributed by atoms with Gasteiger partial charge in [-0.05, 0) is 26.0 Å². The van der Waals surface area contributed by atoms with Crippen molar-refractivity contribution in [1.82, 2.24) is 14.5 Å². The van der Waals surface area contributed by atoms with Gasteiger partial charge < -0.3 is 9.47 Å². The van der Waals surface area contributed by atoms with E-state index in [4.69, 9.17) is 21.3 Å². The maximum absolute atomic E-state index is 13.5. The van der Waals surface area contributed by atoms with Crippen LogP contribution in [-0.2, 0) is 15.1 Å². The molecule has 3 unspecified atom stereocenters. The molecule has 5 rings (SSSR count). The molecule has 2 bridgehead atoms. The van der Waals surface area contributed by atoms with Crippen molar-refractivity contribution in [2.45, 2.75) is 49.9 Å². The second-order valence-corrected chi connectivity index (χ2v) is 8.49. The number of hydrogen-bond donors (Lipinski definition) is 0. The summed E-state index contributed by atoms with van der Waals surface area (Å²) in [7, 11) is 0. The minimum absolute atomic E-state index is 0.0618. The van der Waals surface area contributed by atoms with Gasteiger partial charge in [-0.3, -0.25) is 9.53 Å². The van der Waals surface area contributed by atoms with E-state index >= 15 is 0 Å². The van der Waals surface area contributed by atoms with E-state index in [0.717, 1.165) is 16.9 Å². The maximum Gasteiger partial charge on any atom is 0.347 e. The number of rotatable bonds is 3. The van der Waals surface area contributed by atoms with Crippen molar-refractivity contribution < 1.29 is 18.3 Å². The molecule has 2 aliphatic heterocycles. The second kappa shape index (κ2) is 6.12. The average molecular weight is 420 g/mol. The number of hydrogen-bond acceptors (Lipinski definition) is 3. The number of ether oxygens (including phenoxy) is 1. The molecule has 0 saturated carbocycles. The summed E-state index contributed by atoms with van der Waals surface area (Å²) in [5.41, 5.74) is 1.75. The highest BCUT2D eigenvalue weighted by Gasteiger charge is 2.57. The monoisotopic (exact) mass is 419 g/mol. The summed E-state index contributed by atoms with van der Waals surface area (Å²) in [6, 6.07) is 7.28. The quantitative estimate of drug-likeness (QED) is 0.689. The number of carbonyl (C=O) groups excluding carboxylic acids is 1. The van der Waals surface area contributed by atoms with E-state index in [1.807, 2.05) is 42.7 Å². The highest BCUT2D eigenvalue weighted by molar-refractivity contribution is 6.26. The van der Waals surface area contributed by atoms with Crippen LogP contribution < -0.4 is 0 Å². The molecule has 1 amide bonds. The molecule has 1 aromatic carbocycles. The third-order valence-electron chi connectivity index (χ3n) is 6.33. The van der Waals surface area contributed by atoms with Gasteiger partial charge in [-0.2, -0.15) is 8.78 Å². The van der Waals surface area contributed by atoms with E-state index in [1.54, 1.807) is 17.1 Å². The number of para-hydroxylation sites is 2. The molecule has 5 nitrogen and oxygen atoms in total. The molecule has 8 heteroatoms. The predicted octanol–water partition coefficient (Wildman–Crippen LogP) is 4.49. The molecule has 1 aliphatic carbocycles. The van der Waals surface area contributed by atoms with Crippen molar-refractivity contribution in [2.75, 3.05) is 6.54 Å². The largest absolute Gasteiger partial charge is 0.347 e. The summed E-state index contributed by atoms with van der Waals surface area (Å²) < 4.78 is 33.6. The molecule has 0 N–H and O–H groups in total. The SMILES string of the molecule is CCN1C(=O)C2=C(C3CC1(C)c1nc4ccccc4n13)C(Cl)(OC(F)F)CC=C2. The Morgan fingerprint density at radius 3 is 2.86 bits per heavy atom. The third kappa shape index (κ3) is 2.40. The number of imidazole rings is 1. The molecule has 0 fully saturated rings. The van der Waals surface area contributed by atoms with Gasteiger partial charge in [0.15, 0.2) is 5.06 Å². The Bertz CT molecular complexity index is 1090. The van der Waals surface area contributed by atoms with Crippen LogP contribution >= 0.6 is 11.6 Å². The Hall–Kier alpha value is -2.25. The van der Waals surface area contributed by atoms with E-state index in [2.05, 4.69) is 0 Å². The summed E-state index contributed by atoms with van der Waals surface area (Å²) in [4.78, 5) is 20.1. The van der Waals surface area contributed by atoms with Crippen molar-refractivity contribution in [3.8, 4) is 0 Å². The van der Waals surface area contributed by atoms with Crippen LogP contribution in [0.5, 0.6) is 0 Å². The van der Waals surface area contributed by atoms with Crippen LogP contribution in [0.15, 0.2) is 47.6 Å². The van der Waals surface area contributed by atoms with Crippen LogP contribution in [0.3, 0.4) is 0 Å². The molecule has 0 radical (unpaired) electrons. The lowest BCUT2D eigenvalue weighted by Crippen LogP contribution is -2.47. The van der Waals surface area contributed by atoms with Crippen LogP contribution in [0, 0.1) is 0 Å². The number of carbonyl (C=O) groups is 1. The van der Waals surface area contributed by atoms with Crippen molar-refractivity contribution in [3.05, 3.63) is 53.4 Å². The molecular weight excluding hydrogens is 400 g/mol. The fourth-order valence-corrected chi connectivity index (χ4v) is 5.60. The van der Waals surface area contributed by atoms with Gasteiger partial charge in [0.25, 0.3) is 5.91 Å². The number of amides is 1. The lowest BCUT2D eigenvalue weighted by atomic mass is 9.86. The fraction of sp³-hybridized carbons (Fsp3) is 0.429. The molecule has 3 aliphatic rings. The number of aromatic nitrogens is 2. The molecule has 0 spiro atoms. The molecule has 2 aromatic rings. The molecular formula is C21H20ClF2N3O2. The lowest BCUT2D eigenvalue weighted by molar-refractivity contribution is -0.168. The summed E-state index contributed by atoms with van der Waals surface area (Å²) in [6.07, 6.45) is 3.90.